The largest absolute Gasteiger partial charge is 0.480 e. The minimum Gasteiger partial charge on any atom is -0.480 e. The molecule has 0 atom stereocenters. The van der Waals surface area contributed by atoms with Gasteiger partial charge in [-0.05, 0) is 29.2 Å². The lowest BCUT2D eigenvalue weighted by atomic mass is 9.87. The highest BCUT2D eigenvalue weighted by Gasteiger charge is 2.45. The van der Waals surface area contributed by atoms with Crippen LogP contribution in [-0.4, -0.2) is 11.1 Å². The van der Waals surface area contributed by atoms with E-state index in [-0.39, 0.29) is 0 Å². The zero-order chi connectivity index (χ0) is 12.0. The van der Waals surface area contributed by atoms with Crippen LogP contribution in [0.4, 0.5) is 0 Å². The molecule has 1 aliphatic rings. The number of fused-ring (bicyclic) bond motifs is 3. The summed E-state index contributed by atoms with van der Waals surface area (Å²) in [6.07, 6.45) is 0. The molecule has 0 aromatic heterocycles. The van der Waals surface area contributed by atoms with Crippen LogP contribution in [0, 0.1) is 0 Å². The molecule has 2 aromatic rings. The zero-order valence-corrected chi connectivity index (χ0v) is 9.47. The SMILES string of the molecule is CC1([13C](=O)O)c2ccccc2-c2ccccc21. The standard InChI is InChI=1S/C15H12O2/c1-15(14(16)17)12-8-4-2-6-10(12)11-7-3-5-9-13(11)15/h2-9H,1H3,(H,16,17)/i14+1. The number of benzene rings is 2. The van der Waals surface area contributed by atoms with Crippen molar-refractivity contribution in [2.45, 2.75) is 12.3 Å². The van der Waals surface area contributed by atoms with Gasteiger partial charge in [-0.2, -0.15) is 0 Å². The van der Waals surface area contributed by atoms with E-state index < -0.39 is 11.4 Å². The third-order valence-electron chi connectivity index (χ3n) is 3.65. The van der Waals surface area contributed by atoms with Gasteiger partial charge < -0.3 is 5.11 Å². The van der Waals surface area contributed by atoms with E-state index in [1.807, 2.05) is 48.5 Å². The molecule has 0 fully saturated rings. The van der Waals surface area contributed by atoms with Crippen molar-refractivity contribution in [3.63, 3.8) is 0 Å². The van der Waals surface area contributed by atoms with E-state index in [1.54, 1.807) is 6.92 Å². The highest BCUT2D eigenvalue weighted by Crippen LogP contribution is 2.48. The maximum atomic E-state index is 11.6. The minimum absolute atomic E-state index is 0.796. The maximum absolute atomic E-state index is 11.6. The van der Waals surface area contributed by atoms with Crippen LogP contribution in [0.1, 0.15) is 18.1 Å². The van der Waals surface area contributed by atoms with Crippen molar-refractivity contribution < 1.29 is 9.90 Å². The molecule has 0 saturated heterocycles. The Morgan fingerprint density at radius 1 is 0.941 bits per heavy atom. The molecule has 17 heavy (non-hydrogen) atoms. The normalized spacial score (nSPS) is 15.1. The van der Waals surface area contributed by atoms with Gasteiger partial charge in [-0.1, -0.05) is 48.5 Å². The van der Waals surface area contributed by atoms with Crippen LogP contribution in [-0.2, 0) is 10.2 Å². The van der Waals surface area contributed by atoms with Gasteiger partial charge >= 0.3 is 5.97 Å². The molecule has 0 unspecified atom stereocenters. The molecule has 0 spiro atoms. The Morgan fingerprint density at radius 3 is 1.76 bits per heavy atom. The highest BCUT2D eigenvalue weighted by atomic mass is 16.5. The van der Waals surface area contributed by atoms with Crippen LogP contribution >= 0.6 is 0 Å². The summed E-state index contributed by atoms with van der Waals surface area (Å²) < 4.78 is 0. The van der Waals surface area contributed by atoms with Gasteiger partial charge in [0.25, 0.3) is 0 Å². The summed E-state index contributed by atoms with van der Waals surface area (Å²) in [5.41, 5.74) is 2.91. The van der Waals surface area contributed by atoms with Crippen molar-refractivity contribution in [2.75, 3.05) is 0 Å². The first-order valence-corrected chi connectivity index (χ1v) is 5.58. The van der Waals surface area contributed by atoms with Crippen LogP contribution in [0.15, 0.2) is 48.5 Å². The fourth-order valence-electron chi connectivity index (χ4n) is 2.68. The average molecular weight is 225 g/mol. The first-order valence-electron chi connectivity index (χ1n) is 5.58. The van der Waals surface area contributed by atoms with E-state index in [1.165, 1.54) is 0 Å². The van der Waals surface area contributed by atoms with Crippen LogP contribution in [0.25, 0.3) is 11.1 Å². The summed E-state index contributed by atoms with van der Waals surface area (Å²) in [4.78, 5) is 11.6. The van der Waals surface area contributed by atoms with Crippen LogP contribution in [0.2, 0.25) is 0 Å². The van der Waals surface area contributed by atoms with E-state index in [2.05, 4.69) is 0 Å². The highest BCUT2D eigenvalue weighted by molar-refractivity contribution is 5.96. The molecule has 2 nitrogen and oxygen atoms in total. The van der Waals surface area contributed by atoms with Gasteiger partial charge in [-0.15, -0.1) is 0 Å². The van der Waals surface area contributed by atoms with Crippen molar-refractivity contribution in [1.82, 2.24) is 0 Å². The number of carboxylic acid groups (broad SMARTS) is 1. The molecule has 0 bridgehead atoms. The van der Waals surface area contributed by atoms with Gasteiger partial charge in [0, 0.05) is 0 Å². The van der Waals surface area contributed by atoms with Crippen molar-refractivity contribution in [3.05, 3.63) is 59.7 Å². The summed E-state index contributed by atoms with van der Waals surface area (Å²) in [7, 11) is 0. The van der Waals surface area contributed by atoms with Crippen molar-refractivity contribution >= 4 is 5.97 Å². The van der Waals surface area contributed by atoms with Gasteiger partial charge in [0.1, 0.15) is 5.41 Å². The molecule has 0 heterocycles. The number of rotatable bonds is 1. The fraction of sp³-hybridized carbons (Fsp3) is 0.133. The monoisotopic (exact) mass is 225 g/mol. The number of aliphatic carboxylic acids is 1. The summed E-state index contributed by atoms with van der Waals surface area (Å²) in [6.45, 7) is 1.78. The van der Waals surface area contributed by atoms with E-state index >= 15 is 0 Å². The van der Waals surface area contributed by atoms with Crippen LogP contribution < -0.4 is 0 Å². The second-order valence-corrected chi connectivity index (χ2v) is 4.52. The molecular weight excluding hydrogens is 213 g/mol. The van der Waals surface area contributed by atoms with E-state index in [4.69, 9.17) is 0 Å². The summed E-state index contributed by atoms with van der Waals surface area (Å²) >= 11 is 0. The van der Waals surface area contributed by atoms with E-state index in [9.17, 15) is 9.90 Å². The molecule has 0 radical (unpaired) electrons. The molecule has 1 N–H and O–H groups in total. The first kappa shape index (κ1) is 10.1. The minimum atomic E-state index is -0.923. The van der Waals surface area contributed by atoms with Gasteiger partial charge in [0.05, 0.1) is 0 Å². The molecule has 0 aliphatic heterocycles. The van der Waals surface area contributed by atoms with Gasteiger partial charge in [0.2, 0.25) is 0 Å². The Labute approximate surface area is 99.5 Å². The summed E-state index contributed by atoms with van der Waals surface area (Å²) in [5.74, 6) is -0.796. The summed E-state index contributed by atoms with van der Waals surface area (Å²) in [5, 5.41) is 9.57. The molecule has 84 valence electrons. The Kier molecular flexibility index (Phi) is 1.90. The van der Waals surface area contributed by atoms with Gasteiger partial charge in [0.15, 0.2) is 0 Å². The summed E-state index contributed by atoms with van der Waals surface area (Å²) in [6, 6.07) is 15.5. The molecule has 1 aliphatic carbocycles. The van der Waals surface area contributed by atoms with Crippen LogP contribution in [0.3, 0.4) is 0 Å². The number of carboxylic acids is 1. The lowest BCUT2D eigenvalue weighted by Crippen LogP contribution is -2.31. The van der Waals surface area contributed by atoms with Gasteiger partial charge in [-0.25, -0.2) is 0 Å². The molecule has 2 aromatic carbocycles. The molecule has 3 rings (SSSR count). The molecular formula is C15H12O2. The lowest BCUT2D eigenvalue weighted by molar-refractivity contribution is -0.141. The second kappa shape index (κ2) is 3.20. The average Bonchev–Trinajstić information content (AvgIpc) is 2.63. The molecule has 0 saturated carbocycles. The Balaban J connectivity index is 2.43. The fourth-order valence-corrected chi connectivity index (χ4v) is 2.68. The molecule has 0 amide bonds. The Morgan fingerprint density at radius 2 is 1.35 bits per heavy atom. The zero-order valence-electron chi connectivity index (χ0n) is 9.47. The van der Waals surface area contributed by atoms with Crippen molar-refractivity contribution in [3.8, 4) is 11.1 Å². The number of carbonyl (C=O) groups is 1. The lowest BCUT2D eigenvalue weighted by Gasteiger charge is -2.21. The van der Waals surface area contributed by atoms with Gasteiger partial charge in [-0.3, -0.25) is 4.79 Å². The van der Waals surface area contributed by atoms with E-state index in [0.717, 1.165) is 22.3 Å². The first-order chi connectivity index (χ1) is 8.15. The Bertz CT molecular complexity index is 568. The molecule has 2 heteroatoms. The topological polar surface area (TPSA) is 37.3 Å². The Hall–Kier alpha value is -2.09. The van der Waals surface area contributed by atoms with E-state index in [0.29, 0.717) is 0 Å². The van der Waals surface area contributed by atoms with Crippen molar-refractivity contribution in [2.24, 2.45) is 0 Å². The predicted molar refractivity (Wildman–Crippen MR) is 66.0 cm³/mol. The third-order valence-corrected chi connectivity index (χ3v) is 3.65. The quantitative estimate of drug-likeness (QED) is 0.757. The number of hydrogen-bond donors (Lipinski definition) is 1. The van der Waals surface area contributed by atoms with Crippen molar-refractivity contribution in [1.29, 1.82) is 0 Å². The predicted octanol–water partition coefficient (Wildman–Crippen LogP) is 3.06. The maximum Gasteiger partial charge on any atom is 0.318 e. The third kappa shape index (κ3) is 1.12. The number of hydrogen-bond acceptors (Lipinski definition) is 1. The smallest absolute Gasteiger partial charge is 0.318 e. The second-order valence-electron chi connectivity index (χ2n) is 4.52. The van der Waals surface area contributed by atoms with Crippen LogP contribution in [0.5, 0.6) is 0 Å².